The molecule has 4 amide bonds. The Balaban J connectivity index is 2.04. The molecule has 9 heteroatoms. The summed E-state index contributed by atoms with van der Waals surface area (Å²) in [5.74, 6) is -2.25. The number of nitrogens with zero attached hydrogens (tertiary/aromatic N) is 1. The summed E-state index contributed by atoms with van der Waals surface area (Å²) in [6.07, 6.45) is 1.29. The summed E-state index contributed by atoms with van der Waals surface area (Å²) in [7, 11) is 0. The van der Waals surface area contributed by atoms with E-state index in [2.05, 4.69) is 37.2 Å². The Hall–Kier alpha value is -2.52. The number of anilines is 1. The van der Waals surface area contributed by atoms with Crippen molar-refractivity contribution in [3.05, 3.63) is 62.3 Å². The maximum absolute atomic E-state index is 13.1. The average molecular weight is 484 g/mol. The van der Waals surface area contributed by atoms with Crippen molar-refractivity contribution < 1.29 is 23.9 Å². The van der Waals surface area contributed by atoms with Gasteiger partial charge in [-0.1, -0.05) is 0 Å². The van der Waals surface area contributed by atoms with Crippen molar-refractivity contribution in [2.45, 2.75) is 0 Å². The largest absolute Gasteiger partial charge is 0.506 e. The van der Waals surface area contributed by atoms with E-state index in [-0.39, 0.29) is 17.0 Å². The standard InChI is InChI=1S/C17H9Br2FN2O4/c18-12-6-8(7-13(19)14(12)23)5-11-15(24)21-17(26)22(16(11)25)10-3-1-9(20)2-4-10/h1-7,23H,(H,21,24,26)/b11-5+. The number of carbonyl (C=O) groups excluding carboxylic acids is 3. The van der Waals surface area contributed by atoms with Gasteiger partial charge < -0.3 is 5.11 Å². The van der Waals surface area contributed by atoms with Crippen molar-refractivity contribution in [1.82, 2.24) is 5.32 Å². The smallest absolute Gasteiger partial charge is 0.335 e. The van der Waals surface area contributed by atoms with E-state index in [0.29, 0.717) is 14.5 Å². The van der Waals surface area contributed by atoms with Crippen LogP contribution in [-0.2, 0) is 9.59 Å². The highest BCUT2D eigenvalue weighted by Crippen LogP contribution is 2.34. The second kappa shape index (κ2) is 7.00. The molecule has 1 aliphatic rings. The number of aromatic hydroxyl groups is 1. The summed E-state index contributed by atoms with van der Waals surface area (Å²) in [6, 6.07) is 6.81. The lowest BCUT2D eigenvalue weighted by Gasteiger charge is -2.26. The number of hydrogen-bond acceptors (Lipinski definition) is 4. The first kappa shape index (κ1) is 18.3. The van der Waals surface area contributed by atoms with Crippen LogP contribution < -0.4 is 10.2 Å². The van der Waals surface area contributed by atoms with Gasteiger partial charge in [-0.15, -0.1) is 0 Å². The van der Waals surface area contributed by atoms with E-state index in [4.69, 9.17) is 0 Å². The third kappa shape index (κ3) is 3.40. The number of hydrogen-bond donors (Lipinski definition) is 2. The number of amides is 4. The number of phenols is 1. The third-order valence-electron chi connectivity index (χ3n) is 3.54. The Bertz CT molecular complexity index is 950. The number of urea groups is 1. The van der Waals surface area contributed by atoms with E-state index < -0.39 is 23.7 Å². The van der Waals surface area contributed by atoms with Crippen LogP contribution in [0.2, 0.25) is 0 Å². The van der Waals surface area contributed by atoms with Crippen molar-refractivity contribution >= 4 is 61.5 Å². The molecule has 1 heterocycles. The van der Waals surface area contributed by atoms with E-state index in [9.17, 15) is 23.9 Å². The van der Waals surface area contributed by atoms with E-state index >= 15 is 0 Å². The third-order valence-corrected chi connectivity index (χ3v) is 4.75. The summed E-state index contributed by atoms with van der Waals surface area (Å²) in [4.78, 5) is 37.6. The summed E-state index contributed by atoms with van der Waals surface area (Å²) in [6.45, 7) is 0. The first-order chi connectivity index (χ1) is 12.3. The number of phenolic OH excluding ortho intramolecular Hbond substituents is 1. The van der Waals surface area contributed by atoms with Crippen LogP contribution in [0.15, 0.2) is 50.9 Å². The Kier molecular flexibility index (Phi) is 4.92. The monoisotopic (exact) mass is 482 g/mol. The molecule has 1 aliphatic heterocycles. The minimum Gasteiger partial charge on any atom is -0.506 e. The average Bonchev–Trinajstić information content (AvgIpc) is 2.58. The highest BCUT2D eigenvalue weighted by atomic mass is 79.9. The Morgan fingerprint density at radius 1 is 1.04 bits per heavy atom. The molecule has 2 aromatic carbocycles. The molecule has 0 aliphatic carbocycles. The highest BCUT2D eigenvalue weighted by Gasteiger charge is 2.36. The number of benzene rings is 2. The molecular weight excluding hydrogens is 475 g/mol. The van der Waals surface area contributed by atoms with Gasteiger partial charge in [-0.3, -0.25) is 14.9 Å². The minimum absolute atomic E-state index is 0.0327. The number of rotatable bonds is 2. The first-order valence-corrected chi connectivity index (χ1v) is 8.71. The van der Waals surface area contributed by atoms with Gasteiger partial charge in [-0.05, 0) is 79.9 Å². The number of carbonyl (C=O) groups is 3. The first-order valence-electron chi connectivity index (χ1n) is 7.13. The van der Waals surface area contributed by atoms with Crippen LogP contribution in [0.25, 0.3) is 6.08 Å². The molecule has 1 saturated heterocycles. The van der Waals surface area contributed by atoms with Crippen molar-refractivity contribution in [3.8, 4) is 5.75 Å². The fraction of sp³-hybridized carbons (Fsp3) is 0. The molecule has 0 saturated carbocycles. The fourth-order valence-electron chi connectivity index (χ4n) is 2.32. The molecule has 0 unspecified atom stereocenters. The van der Waals surface area contributed by atoms with E-state index in [1.165, 1.54) is 30.3 Å². The Morgan fingerprint density at radius 3 is 2.19 bits per heavy atom. The van der Waals surface area contributed by atoms with Gasteiger partial charge in [-0.2, -0.15) is 0 Å². The zero-order valence-electron chi connectivity index (χ0n) is 12.8. The molecule has 0 radical (unpaired) electrons. The molecule has 1 fully saturated rings. The van der Waals surface area contributed by atoms with E-state index in [1.807, 2.05) is 0 Å². The lowest BCUT2D eigenvalue weighted by molar-refractivity contribution is -0.122. The van der Waals surface area contributed by atoms with Gasteiger partial charge in [0.1, 0.15) is 17.1 Å². The number of nitrogens with one attached hydrogen (secondary N) is 1. The summed E-state index contributed by atoms with van der Waals surface area (Å²) >= 11 is 6.32. The van der Waals surface area contributed by atoms with Gasteiger partial charge in [0.2, 0.25) is 0 Å². The molecule has 0 bridgehead atoms. The van der Waals surface area contributed by atoms with Gasteiger partial charge in [0, 0.05) is 0 Å². The van der Waals surface area contributed by atoms with Crippen molar-refractivity contribution in [3.63, 3.8) is 0 Å². The molecular formula is C17H9Br2FN2O4. The zero-order chi connectivity index (χ0) is 19.0. The van der Waals surface area contributed by atoms with E-state index in [0.717, 1.165) is 17.0 Å². The van der Waals surface area contributed by atoms with Crippen molar-refractivity contribution in [2.24, 2.45) is 0 Å². The van der Waals surface area contributed by atoms with Gasteiger partial charge in [0.05, 0.1) is 14.6 Å². The SMILES string of the molecule is O=C1NC(=O)N(c2ccc(F)cc2)C(=O)/C1=C/c1cc(Br)c(O)c(Br)c1. The lowest BCUT2D eigenvalue weighted by atomic mass is 10.1. The summed E-state index contributed by atoms with van der Waals surface area (Å²) in [5.41, 5.74) is 0.284. The quantitative estimate of drug-likeness (QED) is 0.503. The lowest BCUT2D eigenvalue weighted by Crippen LogP contribution is -2.54. The molecule has 0 spiro atoms. The van der Waals surface area contributed by atoms with Crippen LogP contribution in [0.1, 0.15) is 5.56 Å². The summed E-state index contributed by atoms with van der Waals surface area (Å²) < 4.78 is 13.8. The van der Waals surface area contributed by atoms with E-state index in [1.54, 1.807) is 0 Å². The van der Waals surface area contributed by atoms with Crippen molar-refractivity contribution in [1.29, 1.82) is 0 Å². The molecule has 2 aromatic rings. The van der Waals surface area contributed by atoms with Crippen LogP contribution in [-0.4, -0.2) is 23.0 Å². The van der Waals surface area contributed by atoms with Crippen LogP contribution in [0.5, 0.6) is 5.75 Å². The highest BCUT2D eigenvalue weighted by molar-refractivity contribution is 9.11. The molecule has 0 aromatic heterocycles. The molecule has 132 valence electrons. The van der Waals surface area contributed by atoms with Crippen LogP contribution >= 0.6 is 31.9 Å². The number of imide groups is 2. The Labute approximate surface area is 163 Å². The molecule has 0 atom stereocenters. The second-order valence-corrected chi connectivity index (χ2v) is 6.98. The van der Waals surface area contributed by atoms with Gasteiger partial charge in [0.15, 0.2) is 0 Å². The van der Waals surface area contributed by atoms with Gasteiger partial charge in [-0.25, -0.2) is 14.1 Å². The predicted molar refractivity (Wildman–Crippen MR) is 98.9 cm³/mol. The second-order valence-electron chi connectivity index (χ2n) is 5.27. The summed E-state index contributed by atoms with van der Waals surface area (Å²) in [5, 5.41) is 11.8. The predicted octanol–water partition coefficient (Wildman–Crippen LogP) is 3.72. The molecule has 2 N–H and O–H groups in total. The molecule has 26 heavy (non-hydrogen) atoms. The van der Waals surface area contributed by atoms with Crippen LogP contribution in [0.3, 0.4) is 0 Å². The number of halogens is 3. The fourth-order valence-corrected chi connectivity index (χ4v) is 3.54. The maximum atomic E-state index is 13.1. The normalized spacial score (nSPS) is 16.2. The van der Waals surface area contributed by atoms with Crippen molar-refractivity contribution in [2.75, 3.05) is 4.90 Å². The Morgan fingerprint density at radius 2 is 1.62 bits per heavy atom. The van der Waals surface area contributed by atoms with Crippen LogP contribution in [0.4, 0.5) is 14.9 Å². The zero-order valence-corrected chi connectivity index (χ0v) is 16.0. The molecule has 6 nitrogen and oxygen atoms in total. The van der Waals surface area contributed by atoms with Gasteiger partial charge in [0.25, 0.3) is 11.8 Å². The van der Waals surface area contributed by atoms with Gasteiger partial charge >= 0.3 is 6.03 Å². The maximum Gasteiger partial charge on any atom is 0.335 e. The number of barbiturate groups is 1. The minimum atomic E-state index is -0.920. The van der Waals surface area contributed by atoms with Crippen LogP contribution in [0, 0.1) is 5.82 Å². The molecule has 3 rings (SSSR count). The topological polar surface area (TPSA) is 86.7 Å².